The van der Waals surface area contributed by atoms with Crippen LogP contribution in [0.4, 0.5) is 19.7 Å². The molecular weight excluding hydrogens is 491 g/mol. The molecule has 0 aliphatic rings. The van der Waals surface area contributed by atoms with Crippen molar-refractivity contribution >= 4 is 23.8 Å². The number of nitrogens with zero attached hydrogens (tertiary/aromatic N) is 2. The van der Waals surface area contributed by atoms with Gasteiger partial charge in [0.05, 0.1) is 12.1 Å². The third-order valence-corrected chi connectivity index (χ3v) is 5.09. The fourth-order valence-corrected chi connectivity index (χ4v) is 3.41. The van der Waals surface area contributed by atoms with Crippen molar-refractivity contribution in [3.63, 3.8) is 0 Å². The van der Waals surface area contributed by atoms with E-state index in [4.69, 9.17) is 9.47 Å². The summed E-state index contributed by atoms with van der Waals surface area (Å²) in [6, 6.07) is 12.5. The van der Waals surface area contributed by atoms with Crippen LogP contribution in [0.15, 0.2) is 60.9 Å². The van der Waals surface area contributed by atoms with E-state index in [1.54, 1.807) is 78.2 Å². The normalized spacial score (nSPS) is 12.4. The first-order chi connectivity index (χ1) is 17.7. The number of anilines is 1. The molecule has 0 aliphatic heterocycles. The van der Waals surface area contributed by atoms with Crippen molar-refractivity contribution in [2.75, 3.05) is 11.9 Å². The number of hydrogen-bond donors (Lipinski definition) is 2. The van der Waals surface area contributed by atoms with E-state index < -0.39 is 41.0 Å². The lowest BCUT2D eigenvalue weighted by atomic mass is 9.97. The van der Waals surface area contributed by atoms with Crippen molar-refractivity contribution in [3.8, 4) is 11.1 Å². The Morgan fingerprint density at radius 2 is 1.50 bits per heavy atom. The summed E-state index contributed by atoms with van der Waals surface area (Å²) in [7, 11) is 0. The highest BCUT2D eigenvalue weighted by molar-refractivity contribution is 5.96. The van der Waals surface area contributed by atoms with Gasteiger partial charge in [0, 0.05) is 24.0 Å². The Morgan fingerprint density at radius 1 is 0.895 bits per heavy atom. The maximum Gasteiger partial charge on any atom is 0.435 e. The highest BCUT2D eigenvalue weighted by atomic mass is 19.1. The number of benzene rings is 2. The summed E-state index contributed by atoms with van der Waals surface area (Å²) in [6.45, 7) is 10.5. The van der Waals surface area contributed by atoms with Crippen LogP contribution in [-0.4, -0.2) is 45.6 Å². The van der Waals surface area contributed by atoms with Crippen molar-refractivity contribution in [3.05, 3.63) is 72.3 Å². The summed E-state index contributed by atoms with van der Waals surface area (Å²) in [6.07, 6.45) is 1.87. The Morgan fingerprint density at radius 3 is 2.08 bits per heavy atom. The van der Waals surface area contributed by atoms with Crippen LogP contribution in [0, 0.1) is 5.82 Å². The third-order valence-electron chi connectivity index (χ3n) is 5.09. The van der Waals surface area contributed by atoms with Crippen molar-refractivity contribution in [1.82, 2.24) is 15.1 Å². The molecule has 0 spiro atoms. The van der Waals surface area contributed by atoms with Gasteiger partial charge in [-0.15, -0.1) is 0 Å². The first-order valence-electron chi connectivity index (χ1n) is 12.1. The number of alkyl carbamates (subject to hydrolysis) is 1. The van der Waals surface area contributed by atoms with Gasteiger partial charge in [0.25, 0.3) is 0 Å². The molecule has 1 heterocycles. The van der Waals surface area contributed by atoms with E-state index in [1.807, 2.05) is 0 Å². The van der Waals surface area contributed by atoms with E-state index in [0.717, 1.165) is 10.2 Å². The topological polar surface area (TPSA) is 112 Å². The maximum atomic E-state index is 13.5. The van der Waals surface area contributed by atoms with Crippen LogP contribution >= 0.6 is 0 Å². The van der Waals surface area contributed by atoms with Gasteiger partial charge in [-0.3, -0.25) is 4.79 Å². The molecule has 0 saturated carbocycles. The highest BCUT2D eigenvalue weighted by Gasteiger charge is 2.24. The molecule has 9 nitrogen and oxygen atoms in total. The Kier molecular flexibility index (Phi) is 8.55. The summed E-state index contributed by atoms with van der Waals surface area (Å²) in [5, 5.41) is 9.52. The van der Waals surface area contributed by atoms with E-state index >= 15 is 0 Å². The lowest BCUT2D eigenvalue weighted by molar-refractivity contribution is -0.117. The number of carbonyl (C=O) groups excluding carboxylic acids is 3. The Labute approximate surface area is 221 Å². The molecule has 1 unspecified atom stereocenters. The van der Waals surface area contributed by atoms with Gasteiger partial charge in [-0.05, 0) is 76.9 Å². The first-order valence-corrected chi connectivity index (χ1v) is 12.1. The van der Waals surface area contributed by atoms with E-state index in [9.17, 15) is 18.8 Å². The molecule has 202 valence electrons. The van der Waals surface area contributed by atoms with Gasteiger partial charge in [0.2, 0.25) is 5.91 Å². The highest BCUT2D eigenvalue weighted by Crippen LogP contribution is 2.23. The summed E-state index contributed by atoms with van der Waals surface area (Å²) in [5.41, 5.74) is 1.19. The van der Waals surface area contributed by atoms with Crippen molar-refractivity contribution in [2.24, 2.45) is 0 Å². The second-order valence-electron chi connectivity index (χ2n) is 10.7. The number of rotatable bonds is 6. The van der Waals surface area contributed by atoms with E-state index in [-0.39, 0.29) is 6.54 Å². The molecule has 2 aromatic carbocycles. The fraction of sp³-hybridized carbons (Fsp3) is 0.357. The van der Waals surface area contributed by atoms with Gasteiger partial charge in [-0.2, -0.15) is 9.78 Å². The van der Waals surface area contributed by atoms with Crippen molar-refractivity contribution in [1.29, 1.82) is 0 Å². The van der Waals surface area contributed by atoms with Gasteiger partial charge in [0.15, 0.2) is 0 Å². The minimum Gasteiger partial charge on any atom is -0.444 e. The van der Waals surface area contributed by atoms with Crippen LogP contribution in [0.2, 0.25) is 0 Å². The van der Waals surface area contributed by atoms with Gasteiger partial charge in [-0.1, -0.05) is 24.3 Å². The zero-order valence-corrected chi connectivity index (χ0v) is 22.4. The molecule has 0 bridgehead atoms. The third kappa shape index (κ3) is 8.43. The molecule has 2 N–H and O–H groups in total. The monoisotopic (exact) mass is 524 g/mol. The first kappa shape index (κ1) is 28.4. The predicted octanol–water partition coefficient (Wildman–Crippen LogP) is 5.72. The molecular formula is C28H33FN4O5. The molecule has 0 fully saturated rings. The lowest BCUT2D eigenvalue weighted by Crippen LogP contribution is -2.37. The van der Waals surface area contributed by atoms with Gasteiger partial charge in [0.1, 0.15) is 17.0 Å². The summed E-state index contributed by atoms with van der Waals surface area (Å²) in [4.78, 5) is 37.6. The van der Waals surface area contributed by atoms with Crippen LogP contribution < -0.4 is 10.6 Å². The Balaban J connectivity index is 1.71. The molecule has 2 amide bonds. The standard InChI is InChI=1S/C28H33FN4O5/c1-27(2,3)37-25(35)30-16-23(19-7-11-21(29)12-8-19)24(34)32-22-13-9-18(10-14-22)20-15-31-33(17-20)26(36)38-28(4,5)6/h7-15,17,23H,16H2,1-6H3,(H,30,35)(H,32,34). The number of ether oxygens (including phenoxy) is 2. The van der Waals surface area contributed by atoms with E-state index in [2.05, 4.69) is 15.7 Å². The quantitative estimate of drug-likeness (QED) is 0.427. The minimum absolute atomic E-state index is 0.0473. The molecule has 0 aliphatic carbocycles. The molecule has 3 aromatic rings. The number of halogens is 1. The summed E-state index contributed by atoms with van der Waals surface area (Å²) >= 11 is 0. The molecule has 0 saturated heterocycles. The predicted molar refractivity (Wildman–Crippen MR) is 141 cm³/mol. The largest absolute Gasteiger partial charge is 0.444 e. The van der Waals surface area contributed by atoms with Crippen LogP contribution in [0.1, 0.15) is 53.0 Å². The average molecular weight is 525 g/mol. The number of amides is 2. The second kappa shape index (κ2) is 11.5. The zero-order chi connectivity index (χ0) is 28.1. The zero-order valence-electron chi connectivity index (χ0n) is 22.4. The molecule has 1 aromatic heterocycles. The number of hydrogen-bond acceptors (Lipinski definition) is 6. The molecule has 10 heteroatoms. The van der Waals surface area contributed by atoms with Crippen LogP contribution in [-0.2, 0) is 14.3 Å². The van der Waals surface area contributed by atoms with Crippen molar-refractivity contribution < 1.29 is 28.2 Å². The number of aromatic nitrogens is 2. The van der Waals surface area contributed by atoms with Gasteiger partial charge in [-0.25, -0.2) is 14.0 Å². The summed E-state index contributed by atoms with van der Waals surface area (Å²) < 4.78 is 25.2. The van der Waals surface area contributed by atoms with Gasteiger partial charge < -0.3 is 20.1 Å². The van der Waals surface area contributed by atoms with Gasteiger partial charge >= 0.3 is 12.2 Å². The summed E-state index contributed by atoms with van der Waals surface area (Å²) in [5.74, 6) is -1.62. The minimum atomic E-state index is -0.796. The SMILES string of the molecule is CC(C)(C)OC(=O)NCC(C(=O)Nc1ccc(-c2cnn(C(=O)OC(C)(C)C)c2)cc1)c1ccc(F)cc1. The Bertz CT molecular complexity index is 1270. The molecule has 1 atom stereocenters. The molecule has 3 rings (SSSR count). The second-order valence-corrected chi connectivity index (χ2v) is 10.7. The number of nitrogens with one attached hydrogen (secondary N) is 2. The molecule has 38 heavy (non-hydrogen) atoms. The van der Waals surface area contributed by atoms with E-state index in [0.29, 0.717) is 16.8 Å². The van der Waals surface area contributed by atoms with Crippen LogP contribution in [0.5, 0.6) is 0 Å². The van der Waals surface area contributed by atoms with E-state index in [1.165, 1.54) is 24.3 Å². The lowest BCUT2D eigenvalue weighted by Gasteiger charge is -2.22. The smallest absolute Gasteiger partial charge is 0.435 e. The maximum absolute atomic E-state index is 13.5. The molecule has 0 radical (unpaired) electrons. The average Bonchev–Trinajstić information content (AvgIpc) is 3.29. The fourth-order valence-electron chi connectivity index (χ4n) is 3.41. The van der Waals surface area contributed by atoms with Crippen LogP contribution in [0.3, 0.4) is 0 Å². The van der Waals surface area contributed by atoms with Crippen molar-refractivity contribution in [2.45, 2.75) is 58.7 Å². The van der Waals surface area contributed by atoms with Crippen LogP contribution in [0.25, 0.3) is 11.1 Å². The Hall–Kier alpha value is -4.21. The number of carbonyl (C=O) groups is 3.